The smallest absolute Gasteiger partial charge is 0.361 e. The average Bonchev–Trinajstić information content (AvgIpc) is 3.25. The van der Waals surface area contributed by atoms with E-state index in [1.54, 1.807) is 50.2 Å². The second-order valence-corrected chi connectivity index (χ2v) is 7.39. The first-order valence-electron chi connectivity index (χ1n) is 10.7. The third kappa shape index (κ3) is 4.80. The van der Waals surface area contributed by atoms with Crippen LogP contribution < -0.4 is 10.6 Å². The third-order valence-electron chi connectivity index (χ3n) is 5.09. The quantitative estimate of drug-likeness (QED) is 0.518. The van der Waals surface area contributed by atoms with E-state index in [-0.39, 0.29) is 30.2 Å². The highest BCUT2D eigenvalue weighted by Gasteiger charge is 2.34. The molecule has 2 amide bonds. The summed E-state index contributed by atoms with van der Waals surface area (Å²) in [6.45, 7) is 3.11. The Hall–Kier alpha value is -4.47. The van der Waals surface area contributed by atoms with Crippen LogP contribution in [0.1, 0.15) is 34.7 Å². The predicted octanol–water partition coefficient (Wildman–Crippen LogP) is 2.60. The number of urea groups is 1. The molecule has 174 valence electrons. The van der Waals surface area contributed by atoms with Crippen LogP contribution in [0.5, 0.6) is 0 Å². The Kier molecular flexibility index (Phi) is 6.67. The van der Waals surface area contributed by atoms with E-state index in [1.807, 2.05) is 24.3 Å². The fourth-order valence-electron chi connectivity index (χ4n) is 3.53. The number of esters is 2. The summed E-state index contributed by atoms with van der Waals surface area (Å²) < 4.78 is 10.6. The molecular weight excluding hydrogens is 438 g/mol. The first kappa shape index (κ1) is 22.7. The highest BCUT2D eigenvalue weighted by molar-refractivity contribution is 5.95. The fourth-order valence-corrected chi connectivity index (χ4v) is 3.53. The van der Waals surface area contributed by atoms with E-state index in [2.05, 4.69) is 20.8 Å². The molecule has 10 heteroatoms. The van der Waals surface area contributed by atoms with Gasteiger partial charge in [-0.1, -0.05) is 48.5 Å². The van der Waals surface area contributed by atoms with Crippen LogP contribution in [0, 0.1) is 6.92 Å². The number of nitrogens with zero attached hydrogens (tertiary/aromatic N) is 3. The minimum absolute atomic E-state index is 0.0296. The van der Waals surface area contributed by atoms with Gasteiger partial charge in [-0.15, -0.1) is 5.10 Å². The zero-order valence-corrected chi connectivity index (χ0v) is 18.6. The van der Waals surface area contributed by atoms with Gasteiger partial charge in [0.2, 0.25) is 0 Å². The van der Waals surface area contributed by atoms with Gasteiger partial charge in [-0.25, -0.2) is 14.4 Å². The number of para-hydroxylation sites is 1. The molecule has 2 N–H and O–H groups in total. The number of rotatable bonds is 7. The normalized spacial score (nSPS) is 15.4. The van der Waals surface area contributed by atoms with Gasteiger partial charge in [-0.3, -0.25) is 0 Å². The summed E-state index contributed by atoms with van der Waals surface area (Å²) in [4.78, 5) is 39.3. The highest BCUT2D eigenvalue weighted by atomic mass is 16.5. The van der Waals surface area contributed by atoms with Crippen LogP contribution in [0.3, 0.4) is 0 Å². The van der Waals surface area contributed by atoms with Crippen molar-refractivity contribution < 1.29 is 23.9 Å². The molecule has 1 aliphatic rings. The Balaban J connectivity index is 1.60. The van der Waals surface area contributed by atoms with E-state index in [9.17, 15) is 14.4 Å². The Bertz CT molecular complexity index is 1240. The fraction of sp³-hybridized carbons (Fsp3) is 0.208. The number of carbonyl (C=O) groups excluding carboxylic acids is 3. The number of carbonyl (C=O) groups is 3. The summed E-state index contributed by atoms with van der Waals surface area (Å²) in [6.07, 6.45) is 0. The highest BCUT2D eigenvalue weighted by Crippen LogP contribution is 2.28. The number of benzene rings is 2. The van der Waals surface area contributed by atoms with Crippen molar-refractivity contribution in [2.45, 2.75) is 19.9 Å². The van der Waals surface area contributed by atoms with Gasteiger partial charge in [-0.05, 0) is 31.5 Å². The maximum atomic E-state index is 12.8. The molecule has 0 saturated carbocycles. The van der Waals surface area contributed by atoms with Crippen LogP contribution in [0.25, 0.3) is 5.69 Å². The Morgan fingerprint density at radius 1 is 0.971 bits per heavy atom. The molecule has 1 aromatic heterocycles. The minimum atomic E-state index is -0.761. The van der Waals surface area contributed by atoms with Crippen LogP contribution in [0.15, 0.2) is 71.9 Å². The van der Waals surface area contributed by atoms with Crippen molar-refractivity contribution in [2.75, 3.05) is 13.2 Å². The van der Waals surface area contributed by atoms with Crippen molar-refractivity contribution >= 4 is 18.0 Å². The summed E-state index contributed by atoms with van der Waals surface area (Å²) >= 11 is 0. The van der Waals surface area contributed by atoms with Gasteiger partial charge >= 0.3 is 18.0 Å². The molecule has 0 bridgehead atoms. The Morgan fingerprint density at radius 3 is 2.32 bits per heavy atom. The van der Waals surface area contributed by atoms with E-state index in [1.165, 1.54) is 4.80 Å². The van der Waals surface area contributed by atoms with Crippen molar-refractivity contribution in [1.82, 2.24) is 25.6 Å². The zero-order chi connectivity index (χ0) is 24.1. The number of amides is 2. The van der Waals surface area contributed by atoms with E-state index >= 15 is 0 Å². The van der Waals surface area contributed by atoms with E-state index < -0.39 is 24.0 Å². The van der Waals surface area contributed by atoms with Crippen LogP contribution in [-0.2, 0) is 14.3 Å². The number of hydrogen-bond donors (Lipinski definition) is 2. The van der Waals surface area contributed by atoms with E-state index in [0.29, 0.717) is 16.9 Å². The molecule has 0 radical (unpaired) electrons. The van der Waals surface area contributed by atoms with Gasteiger partial charge in [-0.2, -0.15) is 9.90 Å². The van der Waals surface area contributed by atoms with Crippen molar-refractivity contribution in [1.29, 1.82) is 0 Å². The predicted molar refractivity (Wildman–Crippen MR) is 121 cm³/mol. The van der Waals surface area contributed by atoms with E-state index in [4.69, 9.17) is 9.47 Å². The van der Waals surface area contributed by atoms with Gasteiger partial charge in [0.25, 0.3) is 0 Å². The number of aryl methyl sites for hydroxylation is 1. The van der Waals surface area contributed by atoms with Gasteiger partial charge < -0.3 is 20.1 Å². The van der Waals surface area contributed by atoms with Gasteiger partial charge in [0.15, 0.2) is 5.69 Å². The molecular formula is C24H23N5O5. The van der Waals surface area contributed by atoms with Crippen LogP contribution in [-0.4, -0.2) is 46.2 Å². The molecule has 0 saturated heterocycles. The van der Waals surface area contributed by atoms with Crippen molar-refractivity contribution in [3.05, 3.63) is 88.9 Å². The summed E-state index contributed by atoms with van der Waals surface area (Å²) in [6, 6.07) is 16.8. The molecule has 1 atom stereocenters. The first-order valence-corrected chi connectivity index (χ1v) is 10.7. The van der Waals surface area contributed by atoms with Crippen LogP contribution in [0.4, 0.5) is 4.79 Å². The molecule has 4 rings (SSSR count). The Morgan fingerprint density at radius 2 is 1.65 bits per heavy atom. The minimum Gasteiger partial charge on any atom is -0.463 e. The van der Waals surface area contributed by atoms with Crippen LogP contribution >= 0.6 is 0 Å². The summed E-state index contributed by atoms with van der Waals surface area (Å²) in [5.41, 5.74) is 2.08. The zero-order valence-electron chi connectivity index (χ0n) is 18.6. The molecule has 1 unspecified atom stereocenters. The van der Waals surface area contributed by atoms with Gasteiger partial charge in [0, 0.05) is 0 Å². The second kappa shape index (κ2) is 9.99. The molecule has 1 aliphatic heterocycles. The lowest BCUT2D eigenvalue weighted by molar-refractivity contribution is -0.139. The number of ether oxygens (including phenoxy) is 2. The van der Waals surface area contributed by atoms with E-state index in [0.717, 1.165) is 0 Å². The molecule has 10 nitrogen and oxygen atoms in total. The summed E-state index contributed by atoms with van der Waals surface area (Å²) in [5.74, 6) is -1.36. The molecule has 0 fully saturated rings. The lowest BCUT2D eigenvalue weighted by Gasteiger charge is -2.29. The molecule has 0 aliphatic carbocycles. The lowest BCUT2D eigenvalue weighted by Crippen LogP contribution is -2.47. The number of nitrogens with one attached hydrogen (secondary N) is 2. The lowest BCUT2D eigenvalue weighted by atomic mass is 9.95. The first-order chi connectivity index (χ1) is 16.5. The summed E-state index contributed by atoms with van der Waals surface area (Å²) in [5, 5.41) is 13.8. The second-order valence-electron chi connectivity index (χ2n) is 7.39. The largest absolute Gasteiger partial charge is 0.463 e. The topological polar surface area (TPSA) is 124 Å². The number of hydrogen-bond acceptors (Lipinski definition) is 7. The summed E-state index contributed by atoms with van der Waals surface area (Å²) in [7, 11) is 0. The molecule has 34 heavy (non-hydrogen) atoms. The third-order valence-corrected chi connectivity index (χ3v) is 5.09. The molecule has 0 spiro atoms. The Labute approximate surface area is 195 Å². The van der Waals surface area contributed by atoms with Crippen molar-refractivity contribution in [3.63, 3.8) is 0 Å². The molecule has 3 aromatic rings. The molecule has 2 aromatic carbocycles. The van der Waals surface area contributed by atoms with Crippen molar-refractivity contribution in [3.8, 4) is 5.69 Å². The number of aromatic nitrogens is 3. The van der Waals surface area contributed by atoms with Gasteiger partial charge in [0.05, 0.1) is 35.3 Å². The van der Waals surface area contributed by atoms with Crippen LogP contribution in [0.2, 0.25) is 0 Å². The standard InChI is InChI=1S/C24H23N5O5/c1-3-33-22(30)19-18(25-24(32)26-21(19)16-10-6-4-7-11-16)14-34-23(31)20-15(2)27-29(28-20)17-12-8-5-9-13-17/h4-13,21H,3,14H2,1-2H3,(H2,25,26,32). The monoisotopic (exact) mass is 461 g/mol. The molecule has 2 heterocycles. The maximum absolute atomic E-state index is 12.8. The van der Waals surface area contributed by atoms with Gasteiger partial charge in [0.1, 0.15) is 6.61 Å². The average molecular weight is 461 g/mol. The maximum Gasteiger partial charge on any atom is 0.361 e. The van der Waals surface area contributed by atoms with Crippen molar-refractivity contribution in [2.24, 2.45) is 0 Å². The SMILES string of the molecule is CCOC(=O)C1=C(COC(=O)c2nn(-c3ccccc3)nc2C)NC(=O)NC1c1ccccc1.